The van der Waals surface area contributed by atoms with Crippen LogP contribution in [0, 0.1) is 6.92 Å². The van der Waals surface area contributed by atoms with E-state index in [0.29, 0.717) is 0 Å². The summed E-state index contributed by atoms with van der Waals surface area (Å²) >= 11 is 1.65. The van der Waals surface area contributed by atoms with Crippen molar-refractivity contribution in [3.8, 4) is 10.6 Å². The Morgan fingerprint density at radius 2 is 2.29 bits per heavy atom. The van der Waals surface area contributed by atoms with Gasteiger partial charge in [0, 0.05) is 6.42 Å². The molecule has 0 radical (unpaired) electrons. The summed E-state index contributed by atoms with van der Waals surface area (Å²) in [6.07, 6.45) is 3.83. The van der Waals surface area contributed by atoms with Crippen molar-refractivity contribution in [1.29, 1.82) is 0 Å². The molecule has 2 aromatic heterocycles. The Bertz CT molecular complexity index is 464. The second kappa shape index (κ2) is 5.93. The van der Waals surface area contributed by atoms with Gasteiger partial charge in [0.15, 0.2) is 5.01 Å². The van der Waals surface area contributed by atoms with Gasteiger partial charge in [0.2, 0.25) is 0 Å². The maximum atomic E-state index is 5.27. The highest BCUT2D eigenvalue weighted by atomic mass is 32.1. The molecule has 0 aliphatic heterocycles. The average Bonchev–Trinajstić information content (AvgIpc) is 2.93. The zero-order valence-electron chi connectivity index (χ0n) is 10.2. The van der Waals surface area contributed by atoms with Crippen molar-refractivity contribution in [2.75, 3.05) is 13.1 Å². The van der Waals surface area contributed by atoms with Crippen molar-refractivity contribution >= 4 is 11.3 Å². The van der Waals surface area contributed by atoms with Gasteiger partial charge in [0.05, 0.1) is 5.56 Å². The number of hydrogen-bond acceptors (Lipinski definition) is 5. The summed E-state index contributed by atoms with van der Waals surface area (Å²) < 4.78 is 5.27. The van der Waals surface area contributed by atoms with Gasteiger partial charge in [0.1, 0.15) is 17.0 Å². The molecular weight excluding hydrogens is 234 g/mol. The normalized spacial score (nSPS) is 10.9. The second-order valence-electron chi connectivity index (χ2n) is 3.90. The van der Waals surface area contributed by atoms with E-state index in [1.165, 1.54) is 0 Å². The van der Waals surface area contributed by atoms with Crippen LogP contribution in [0.3, 0.4) is 0 Å². The molecule has 5 heteroatoms. The fourth-order valence-corrected chi connectivity index (χ4v) is 2.43. The van der Waals surface area contributed by atoms with Crippen LogP contribution in [0.5, 0.6) is 0 Å². The van der Waals surface area contributed by atoms with E-state index in [9.17, 15) is 0 Å². The fraction of sp³-hybridized carbons (Fsp3) is 0.500. The molecule has 17 heavy (non-hydrogen) atoms. The lowest BCUT2D eigenvalue weighted by molar-refractivity contribution is 0.535. The maximum absolute atomic E-state index is 5.27. The Kier molecular flexibility index (Phi) is 4.28. The van der Waals surface area contributed by atoms with Gasteiger partial charge < -0.3 is 9.73 Å². The third-order valence-electron chi connectivity index (χ3n) is 2.44. The van der Waals surface area contributed by atoms with Crippen LogP contribution in [0.25, 0.3) is 10.6 Å². The quantitative estimate of drug-likeness (QED) is 0.802. The van der Waals surface area contributed by atoms with Crippen LogP contribution in [0.1, 0.15) is 24.1 Å². The largest absolute Gasteiger partial charge is 0.469 e. The van der Waals surface area contributed by atoms with Gasteiger partial charge in [-0.1, -0.05) is 18.3 Å². The summed E-state index contributed by atoms with van der Waals surface area (Å²) in [6, 6.07) is 1.99. The van der Waals surface area contributed by atoms with Crippen molar-refractivity contribution in [3.63, 3.8) is 0 Å². The molecule has 0 atom stereocenters. The summed E-state index contributed by atoms with van der Waals surface area (Å²) in [5.74, 6) is 0.906. The van der Waals surface area contributed by atoms with E-state index in [4.69, 9.17) is 4.42 Å². The van der Waals surface area contributed by atoms with Crippen molar-refractivity contribution in [2.24, 2.45) is 0 Å². The van der Waals surface area contributed by atoms with Gasteiger partial charge in [-0.15, -0.1) is 10.2 Å². The minimum Gasteiger partial charge on any atom is -0.469 e. The zero-order valence-corrected chi connectivity index (χ0v) is 11.0. The number of aryl methyl sites for hydroxylation is 2. The van der Waals surface area contributed by atoms with Crippen LogP contribution < -0.4 is 5.32 Å². The Hall–Kier alpha value is -1.20. The van der Waals surface area contributed by atoms with E-state index in [1.54, 1.807) is 17.6 Å². The lowest BCUT2D eigenvalue weighted by Gasteiger charge is -1.97. The van der Waals surface area contributed by atoms with Crippen molar-refractivity contribution < 1.29 is 4.42 Å². The van der Waals surface area contributed by atoms with E-state index in [-0.39, 0.29) is 0 Å². The molecule has 0 aliphatic carbocycles. The van der Waals surface area contributed by atoms with Crippen LogP contribution in [0.2, 0.25) is 0 Å². The van der Waals surface area contributed by atoms with Crippen LogP contribution in [0.4, 0.5) is 0 Å². The number of furan rings is 1. The lowest BCUT2D eigenvalue weighted by atomic mass is 10.3. The van der Waals surface area contributed by atoms with Gasteiger partial charge in [-0.2, -0.15) is 0 Å². The molecule has 2 heterocycles. The minimum absolute atomic E-state index is 0.906. The van der Waals surface area contributed by atoms with E-state index < -0.39 is 0 Å². The van der Waals surface area contributed by atoms with E-state index >= 15 is 0 Å². The van der Waals surface area contributed by atoms with Gasteiger partial charge in [0.25, 0.3) is 0 Å². The molecule has 0 amide bonds. The SMILES string of the molecule is CCNCCCc1nnc(-c2coc(C)c2)s1. The molecule has 0 saturated carbocycles. The molecule has 4 nitrogen and oxygen atoms in total. The van der Waals surface area contributed by atoms with E-state index in [0.717, 1.165) is 47.3 Å². The Morgan fingerprint density at radius 3 is 3.00 bits per heavy atom. The number of nitrogens with one attached hydrogen (secondary N) is 1. The molecule has 0 aliphatic rings. The first-order valence-corrected chi connectivity index (χ1v) is 6.70. The zero-order chi connectivity index (χ0) is 12.1. The molecule has 2 rings (SSSR count). The first-order chi connectivity index (χ1) is 8.29. The molecule has 1 N–H and O–H groups in total. The fourth-order valence-electron chi connectivity index (χ4n) is 1.57. The van der Waals surface area contributed by atoms with Gasteiger partial charge in [-0.3, -0.25) is 0 Å². The van der Waals surface area contributed by atoms with E-state index in [2.05, 4.69) is 22.4 Å². The third kappa shape index (κ3) is 3.38. The average molecular weight is 251 g/mol. The maximum Gasteiger partial charge on any atom is 0.151 e. The van der Waals surface area contributed by atoms with Crippen LogP contribution in [-0.2, 0) is 6.42 Å². The highest BCUT2D eigenvalue weighted by molar-refractivity contribution is 7.14. The van der Waals surface area contributed by atoms with Gasteiger partial charge >= 0.3 is 0 Å². The minimum atomic E-state index is 0.906. The molecule has 0 aromatic carbocycles. The summed E-state index contributed by atoms with van der Waals surface area (Å²) in [5, 5.41) is 13.7. The molecule has 92 valence electrons. The predicted octanol–water partition coefficient (Wildman–Crippen LogP) is 2.65. The molecule has 0 fully saturated rings. The molecule has 0 bridgehead atoms. The monoisotopic (exact) mass is 251 g/mol. The van der Waals surface area contributed by atoms with Crippen LogP contribution in [-0.4, -0.2) is 23.3 Å². The highest BCUT2D eigenvalue weighted by Crippen LogP contribution is 2.25. The lowest BCUT2D eigenvalue weighted by Crippen LogP contribution is -2.14. The molecule has 0 unspecified atom stereocenters. The van der Waals surface area contributed by atoms with Crippen molar-refractivity contribution in [1.82, 2.24) is 15.5 Å². The third-order valence-corrected chi connectivity index (χ3v) is 3.47. The van der Waals surface area contributed by atoms with Gasteiger partial charge in [-0.05, 0) is 32.5 Å². The molecular formula is C12H17N3OS. The van der Waals surface area contributed by atoms with Crippen LogP contribution >= 0.6 is 11.3 Å². The first kappa shape index (κ1) is 12.3. The van der Waals surface area contributed by atoms with E-state index in [1.807, 2.05) is 13.0 Å². The number of hydrogen-bond donors (Lipinski definition) is 1. The Labute approximate surface area is 105 Å². The smallest absolute Gasteiger partial charge is 0.151 e. The molecule has 2 aromatic rings. The topological polar surface area (TPSA) is 51.0 Å². The van der Waals surface area contributed by atoms with Crippen molar-refractivity contribution in [3.05, 3.63) is 23.1 Å². The summed E-state index contributed by atoms with van der Waals surface area (Å²) in [5.41, 5.74) is 1.03. The van der Waals surface area contributed by atoms with Crippen molar-refractivity contribution in [2.45, 2.75) is 26.7 Å². The summed E-state index contributed by atoms with van der Waals surface area (Å²) in [6.45, 7) is 6.11. The number of aromatic nitrogens is 2. The Morgan fingerprint density at radius 1 is 1.41 bits per heavy atom. The highest BCUT2D eigenvalue weighted by Gasteiger charge is 2.08. The standard InChI is InChI=1S/C12H17N3OS/c1-3-13-6-4-5-11-14-15-12(17-11)10-7-9(2)16-8-10/h7-8,13H,3-6H2,1-2H3. The number of nitrogens with zero attached hydrogens (tertiary/aromatic N) is 2. The van der Waals surface area contributed by atoms with Crippen LogP contribution in [0.15, 0.2) is 16.7 Å². The predicted molar refractivity (Wildman–Crippen MR) is 69.2 cm³/mol. The Balaban J connectivity index is 1.92. The summed E-state index contributed by atoms with van der Waals surface area (Å²) in [4.78, 5) is 0. The van der Waals surface area contributed by atoms with Gasteiger partial charge in [-0.25, -0.2) is 0 Å². The number of rotatable bonds is 6. The molecule has 0 saturated heterocycles. The second-order valence-corrected chi connectivity index (χ2v) is 4.97. The first-order valence-electron chi connectivity index (χ1n) is 5.88. The summed E-state index contributed by atoms with van der Waals surface area (Å²) in [7, 11) is 0. The molecule has 0 spiro atoms.